The molecule has 10 heteroatoms. The summed E-state index contributed by atoms with van der Waals surface area (Å²) in [5.74, 6) is 0.104. The second-order valence-electron chi connectivity index (χ2n) is 6.88. The van der Waals surface area contributed by atoms with E-state index in [2.05, 4.69) is 5.32 Å². The summed E-state index contributed by atoms with van der Waals surface area (Å²) in [5, 5.41) is 2.86. The Morgan fingerprint density at radius 3 is 2.03 bits per heavy atom. The molecule has 2 aromatic rings. The lowest BCUT2D eigenvalue weighted by Crippen LogP contribution is -2.32. The van der Waals surface area contributed by atoms with E-state index in [-0.39, 0.29) is 23.5 Å². The molecule has 0 radical (unpaired) electrons. The maximum atomic E-state index is 12.3. The molecule has 0 unspecified atom stereocenters. The van der Waals surface area contributed by atoms with E-state index in [4.69, 9.17) is 4.74 Å². The number of hydrogen-bond donors (Lipinski definition) is 1. The van der Waals surface area contributed by atoms with Gasteiger partial charge in [0.05, 0.1) is 22.9 Å². The highest BCUT2D eigenvalue weighted by molar-refractivity contribution is 7.92. The van der Waals surface area contributed by atoms with Gasteiger partial charge in [-0.15, -0.1) is 0 Å². The first kappa shape index (κ1) is 23.7. The predicted octanol–water partition coefficient (Wildman–Crippen LogP) is 2.13. The Balaban J connectivity index is 1.96. The Kier molecular flexibility index (Phi) is 7.49. The summed E-state index contributed by atoms with van der Waals surface area (Å²) < 4.78 is 52.9. The van der Waals surface area contributed by atoms with Gasteiger partial charge in [-0.3, -0.25) is 9.10 Å². The average molecular weight is 455 g/mol. The minimum absolute atomic E-state index is 0.209. The largest absolute Gasteiger partial charge is 0.484 e. The SMILES string of the molecule is CC[C@@H](NC(=O)COc1ccc(N(C)S(C)(=O)=O)cc1)c1ccc(S(C)(=O)=O)cc1. The van der Waals surface area contributed by atoms with Crippen LogP contribution in [0.25, 0.3) is 0 Å². The summed E-state index contributed by atoms with van der Waals surface area (Å²) >= 11 is 0. The Bertz CT molecular complexity index is 1080. The number of sulfone groups is 1. The monoisotopic (exact) mass is 454 g/mol. The smallest absolute Gasteiger partial charge is 0.258 e. The molecule has 8 nitrogen and oxygen atoms in total. The van der Waals surface area contributed by atoms with Gasteiger partial charge in [-0.05, 0) is 48.4 Å². The van der Waals surface area contributed by atoms with E-state index in [1.54, 1.807) is 36.4 Å². The maximum Gasteiger partial charge on any atom is 0.258 e. The number of benzene rings is 2. The van der Waals surface area contributed by atoms with Gasteiger partial charge in [0.1, 0.15) is 5.75 Å². The van der Waals surface area contributed by atoms with E-state index in [9.17, 15) is 21.6 Å². The van der Waals surface area contributed by atoms with Gasteiger partial charge in [-0.1, -0.05) is 19.1 Å². The molecule has 0 saturated heterocycles. The quantitative estimate of drug-likeness (QED) is 0.622. The molecule has 1 atom stereocenters. The number of nitrogens with one attached hydrogen (secondary N) is 1. The Morgan fingerprint density at radius 2 is 1.57 bits per heavy atom. The van der Waals surface area contributed by atoms with E-state index >= 15 is 0 Å². The Morgan fingerprint density at radius 1 is 1.00 bits per heavy atom. The van der Waals surface area contributed by atoms with Crippen LogP contribution in [0.4, 0.5) is 5.69 Å². The third-order valence-corrected chi connectivity index (χ3v) is 6.86. The van der Waals surface area contributed by atoms with E-state index in [0.717, 1.165) is 22.4 Å². The number of nitrogens with zero attached hydrogens (tertiary/aromatic N) is 1. The van der Waals surface area contributed by atoms with Crippen LogP contribution in [-0.4, -0.2) is 48.9 Å². The van der Waals surface area contributed by atoms with E-state index in [1.165, 1.54) is 19.2 Å². The minimum atomic E-state index is -3.35. The summed E-state index contributed by atoms with van der Waals surface area (Å²) in [6, 6.07) is 12.5. The van der Waals surface area contributed by atoms with Crippen molar-refractivity contribution in [1.82, 2.24) is 5.32 Å². The number of rotatable bonds is 9. The van der Waals surface area contributed by atoms with Gasteiger partial charge in [0.15, 0.2) is 16.4 Å². The highest BCUT2D eigenvalue weighted by atomic mass is 32.2. The fourth-order valence-electron chi connectivity index (χ4n) is 2.70. The van der Waals surface area contributed by atoms with Crippen LogP contribution in [0.15, 0.2) is 53.4 Å². The van der Waals surface area contributed by atoms with Crippen molar-refractivity contribution in [3.63, 3.8) is 0 Å². The number of anilines is 1. The molecule has 2 aromatic carbocycles. The zero-order chi connectivity index (χ0) is 22.5. The van der Waals surface area contributed by atoms with Crippen molar-refractivity contribution in [2.75, 3.05) is 30.5 Å². The minimum Gasteiger partial charge on any atom is -0.484 e. The fraction of sp³-hybridized carbons (Fsp3) is 0.350. The maximum absolute atomic E-state index is 12.3. The van der Waals surface area contributed by atoms with Crippen LogP contribution < -0.4 is 14.4 Å². The molecular weight excluding hydrogens is 428 g/mol. The Hall–Kier alpha value is -2.59. The fourth-order valence-corrected chi connectivity index (χ4v) is 3.83. The van der Waals surface area contributed by atoms with Crippen LogP contribution in [0.5, 0.6) is 5.75 Å². The van der Waals surface area contributed by atoms with Crippen LogP contribution in [0.3, 0.4) is 0 Å². The summed E-state index contributed by atoms with van der Waals surface area (Å²) in [7, 11) is -5.18. The first-order chi connectivity index (χ1) is 13.9. The molecule has 0 saturated carbocycles. The van der Waals surface area contributed by atoms with Crippen LogP contribution in [0.1, 0.15) is 24.9 Å². The molecule has 0 aliphatic carbocycles. The lowest BCUT2D eigenvalue weighted by molar-refractivity contribution is -0.123. The lowest BCUT2D eigenvalue weighted by Gasteiger charge is -2.18. The second kappa shape index (κ2) is 9.48. The molecule has 0 aliphatic rings. The Labute approximate surface area is 177 Å². The summed E-state index contributed by atoms with van der Waals surface area (Å²) in [6.45, 7) is 1.70. The number of ether oxygens (including phenoxy) is 1. The van der Waals surface area contributed by atoms with E-state index < -0.39 is 19.9 Å². The highest BCUT2D eigenvalue weighted by Gasteiger charge is 2.15. The van der Waals surface area contributed by atoms with Crippen molar-refractivity contribution >= 4 is 31.5 Å². The molecule has 30 heavy (non-hydrogen) atoms. The lowest BCUT2D eigenvalue weighted by atomic mass is 10.0. The third-order valence-electron chi connectivity index (χ3n) is 4.52. The van der Waals surface area contributed by atoms with E-state index in [1.807, 2.05) is 6.92 Å². The molecule has 0 heterocycles. The standard InChI is InChI=1S/C20H26N2O6S2/c1-5-19(15-6-12-18(13-7-15)29(3,24)25)21-20(23)14-28-17-10-8-16(9-11-17)22(2)30(4,26)27/h6-13,19H,5,14H2,1-4H3,(H,21,23)/t19-/m1/s1. The summed E-state index contributed by atoms with van der Waals surface area (Å²) in [4.78, 5) is 12.5. The van der Waals surface area contributed by atoms with Gasteiger partial charge in [0, 0.05) is 13.3 Å². The number of sulfonamides is 1. The van der Waals surface area contributed by atoms with Crippen LogP contribution >= 0.6 is 0 Å². The number of hydrogen-bond acceptors (Lipinski definition) is 6. The molecule has 0 aliphatic heterocycles. The number of carbonyl (C=O) groups is 1. The molecule has 2 rings (SSSR count). The van der Waals surface area contributed by atoms with Crippen molar-refractivity contribution in [3.05, 3.63) is 54.1 Å². The van der Waals surface area contributed by atoms with Crippen molar-refractivity contribution in [3.8, 4) is 5.75 Å². The third kappa shape index (κ3) is 6.46. The first-order valence-corrected chi connectivity index (χ1v) is 12.9. The second-order valence-corrected chi connectivity index (χ2v) is 10.9. The topological polar surface area (TPSA) is 110 Å². The summed E-state index contributed by atoms with van der Waals surface area (Å²) in [5.41, 5.74) is 1.28. The molecule has 0 fully saturated rings. The van der Waals surface area contributed by atoms with E-state index in [0.29, 0.717) is 17.9 Å². The normalized spacial score (nSPS) is 12.8. The first-order valence-electron chi connectivity index (χ1n) is 9.18. The zero-order valence-electron chi connectivity index (χ0n) is 17.3. The van der Waals surface area contributed by atoms with Gasteiger partial charge in [0.2, 0.25) is 10.0 Å². The van der Waals surface area contributed by atoms with Crippen LogP contribution in [0.2, 0.25) is 0 Å². The molecule has 1 N–H and O–H groups in total. The zero-order valence-corrected chi connectivity index (χ0v) is 19.0. The van der Waals surface area contributed by atoms with Crippen LogP contribution in [-0.2, 0) is 24.7 Å². The van der Waals surface area contributed by atoms with Gasteiger partial charge in [-0.25, -0.2) is 16.8 Å². The highest BCUT2D eigenvalue weighted by Crippen LogP contribution is 2.21. The van der Waals surface area contributed by atoms with Gasteiger partial charge < -0.3 is 10.1 Å². The number of carbonyl (C=O) groups excluding carboxylic acids is 1. The summed E-state index contributed by atoms with van der Waals surface area (Å²) in [6.07, 6.45) is 2.88. The van der Waals surface area contributed by atoms with Gasteiger partial charge in [0.25, 0.3) is 5.91 Å². The van der Waals surface area contributed by atoms with Crippen LogP contribution in [0, 0.1) is 0 Å². The number of amides is 1. The predicted molar refractivity (Wildman–Crippen MR) is 116 cm³/mol. The van der Waals surface area contributed by atoms with Gasteiger partial charge in [-0.2, -0.15) is 0 Å². The molecule has 1 amide bonds. The molecular formula is C20H26N2O6S2. The van der Waals surface area contributed by atoms with Crippen molar-refractivity contribution in [2.24, 2.45) is 0 Å². The molecule has 0 aromatic heterocycles. The van der Waals surface area contributed by atoms with Crippen molar-refractivity contribution < 1.29 is 26.4 Å². The average Bonchev–Trinajstić information content (AvgIpc) is 2.69. The van der Waals surface area contributed by atoms with Crippen molar-refractivity contribution in [1.29, 1.82) is 0 Å². The molecule has 0 bridgehead atoms. The van der Waals surface area contributed by atoms with Gasteiger partial charge >= 0.3 is 0 Å². The molecule has 0 spiro atoms. The molecule has 164 valence electrons. The van der Waals surface area contributed by atoms with Crippen molar-refractivity contribution in [2.45, 2.75) is 24.3 Å².